The van der Waals surface area contributed by atoms with Crippen LogP contribution in [0, 0.1) is 0 Å². The summed E-state index contributed by atoms with van der Waals surface area (Å²) in [6, 6.07) is 3.22. The normalized spacial score (nSPS) is 16.0. The standard InChI is InChI=1S/C14H22N4O3/c1-14(2,3)21-13(20)18-9-7-17(8-10-18)11-5-6-12(19)16(4)15-11/h5-6H,7-10H2,1-4H3. The number of carbonyl (C=O) groups excluding carboxylic acids is 1. The number of ether oxygens (including phenoxy) is 1. The Hall–Kier alpha value is -2.05. The zero-order valence-corrected chi connectivity index (χ0v) is 13.0. The van der Waals surface area contributed by atoms with Crippen LogP contribution < -0.4 is 10.5 Å². The van der Waals surface area contributed by atoms with Crippen LogP contribution in [0.4, 0.5) is 10.6 Å². The monoisotopic (exact) mass is 294 g/mol. The highest BCUT2D eigenvalue weighted by Crippen LogP contribution is 2.14. The molecule has 116 valence electrons. The van der Waals surface area contributed by atoms with Crippen molar-refractivity contribution >= 4 is 11.9 Å². The van der Waals surface area contributed by atoms with Crippen LogP contribution in [-0.4, -0.2) is 52.6 Å². The molecule has 0 unspecified atom stereocenters. The van der Waals surface area contributed by atoms with Crippen molar-refractivity contribution < 1.29 is 9.53 Å². The number of hydrogen-bond acceptors (Lipinski definition) is 5. The minimum absolute atomic E-state index is 0.133. The van der Waals surface area contributed by atoms with Crippen LogP contribution in [0.15, 0.2) is 16.9 Å². The molecule has 0 saturated carbocycles. The van der Waals surface area contributed by atoms with Gasteiger partial charge in [-0.1, -0.05) is 0 Å². The lowest BCUT2D eigenvalue weighted by atomic mass is 10.2. The van der Waals surface area contributed by atoms with Gasteiger partial charge in [0.15, 0.2) is 0 Å². The van der Waals surface area contributed by atoms with Crippen molar-refractivity contribution in [1.29, 1.82) is 0 Å². The third-order valence-electron chi connectivity index (χ3n) is 3.20. The highest BCUT2D eigenvalue weighted by molar-refractivity contribution is 5.68. The number of aromatic nitrogens is 2. The van der Waals surface area contributed by atoms with Gasteiger partial charge in [-0.25, -0.2) is 9.48 Å². The number of hydrogen-bond donors (Lipinski definition) is 0. The number of amides is 1. The van der Waals surface area contributed by atoms with Crippen molar-refractivity contribution in [2.24, 2.45) is 7.05 Å². The quantitative estimate of drug-likeness (QED) is 0.767. The largest absolute Gasteiger partial charge is 0.444 e. The van der Waals surface area contributed by atoms with Gasteiger partial charge < -0.3 is 14.5 Å². The van der Waals surface area contributed by atoms with E-state index in [1.165, 1.54) is 10.7 Å². The summed E-state index contributed by atoms with van der Waals surface area (Å²) in [5.41, 5.74) is -0.612. The Morgan fingerprint density at radius 2 is 1.81 bits per heavy atom. The van der Waals surface area contributed by atoms with Gasteiger partial charge in [-0.2, -0.15) is 5.10 Å². The number of aryl methyl sites for hydroxylation is 1. The third kappa shape index (κ3) is 3.96. The predicted octanol–water partition coefficient (Wildman–Crippen LogP) is 0.837. The minimum Gasteiger partial charge on any atom is -0.444 e. The zero-order chi connectivity index (χ0) is 15.6. The van der Waals surface area contributed by atoms with Crippen molar-refractivity contribution in [2.75, 3.05) is 31.1 Å². The van der Waals surface area contributed by atoms with Crippen LogP contribution in [0.1, 0.15) is 20.8 Å². The number of nitrogens with zero attached hydrogens (tertiary/aromatic N) is 4. The van der Waals surface area contributed by atoms with Gasteiger partial charge in [0.2, 0.25) is 0 Å². The van der Waals surface area contributed by atoms with Gasteiger partial charge in [-0.3, -0.25) is 4.79 Å². The van der Waals surface area contributed by atoms with Gasteiger partial charge in [-0.15, -0.1) is 0 Å². The van der Waals surface area contributed by atoms with Crippen molar-refractivity contribution in [3.8, 4) is 0 Å². The summed E-state index contributed by atoms with van der Waals surface area (Å²) in [5, 5.41) is 4.22. The van der Waals surface area contributed by atoms with Crippen LogP contribution >= 0.6 is 0 Å². The maximum atomic E-state index is 12.0. The highest BCUT2D eigenvalue weighted by Gasteiger charge is 2.26. The predicted molar refractivity (Wildman–Crippen MR) is 79.5 cm³/mol. The van der Waals surface area contributed by atoms with Crippen molar-refractivity contribution in [1.82, 2.24) is 14.7 Å². The molecule has 0 radical (unpaired) electrons. The van der Waals surface area contributed by atoms with E-state index in [1.54, 1.807) is 18.0 Å². The zero-order valence-electron chi connectivity index (χ0n) is 13.0. The summed E-state index contributed by atoms with van der Waals surface area (Å²) in [6.07, 6.45) is -0.282. The summed E-state index contributed by atoms with van der Waals surface area (Å²) < 4.78 is 6.68. The minimum atomic E-state index is -0.479. The molecule has 2 rings (SSSR count). The van der Waals surface area contributed by atoms with E-state index in [0.717, 1.165) is 5.82 Å². The molecule has 21 heavy (non-hydrogen) atoms. The highest BCUT2D eigenvalue weighted by atomic mass is 16.6. The third-order valence-corrected chi connectivity index (χ3v) is 3.20. The van der Waals surface area contributed by atoms with E-state index in [9.17, 15) is 9.59 Å². The van der Waals surface area contributed by atoms with Gasteiger partial charge in [0.1, 0.15) is 11.4 Å². The summed E-state index contributed by atoms with van der Waals surface area (Å²) in [7, 11) is 1.63. The average molecular weight is 294 g/mol. The molecule has 1 saturated heterocycles. The molecule has 2 heterocycles. The van der Waals surface area contributed by atoms with Crippen molar-refractivity contribution in [3.05, 3.63) is 22.5 Å². The fourth-order valence-electron chi connectivity index (χ4n) is 2.10. The Morgan fingerprint density at radius 1 is 1.19 bits per heavy atom. The van der Waals surface area contributed by atoms with Crippen LogP contribution in [0.5, 0.6) is 0 Å². The fraction of sp³-hybridized carbons (Fsp3) is 0.643. The Kier molecular flexibility index (Phi) is 4.20. The maximum Gasteiger partial charge on any atom is 0.410 e. The van der Waals surface area contributed by atoms with Crippen LogP contribution in [-0.2, 0) is 11.8 Å². The van der Waals surface area contributed by atoms with E-state index >= 15 is 0 Å². The molecular weight excluding hydrogens is 272 g/mol. The van der Waals surface area contributed by atoms with Gasteiger partial charge in [0, 0.05) is 39.3 Å². The first-order chi connectivity index (χ1) is 9.76. The Bertz CT molecular complexity index is 568. The van der Waals surface area contributed by atoms with E-state index in [1.807, 2.05) is 20.8 Å². The van der Waals surface area contributed by atoms with Crippen LogP contribution in [0.3, 0.4) is 0 Å². The lowest BCUT2D eigenvalue weighted by Gasteiger charge is -2.36. The van der Waals surface area contributed by atoms with E-state index in [2.05, 4.69) is 10.00 Å². The molecule has 1 fully saturated rings. The average Bonchev–Trinajstić information content (AvgIpc) is 2.40. The molecule has 1 aromatic rings. The van der Waals surface area contributed by atoms with E-state index < -0.39 is 5.60 Å². The SMILES string of the molecule is Cn1nc(N2CCN(C(=O)OC(C)(C)C)CC2)ccc1=O. The smallest absolute Gasteiger partial charge is 0.410 e. The second-order valence-corrected chi connectivity index (χ2v) is 6.11. The topological polar surface area (TPSA) is 67.7 Å². The van der Waals surface area contributed by atoms with E-state index in [-0.39, 0.29) is 11.7 Å². The molecule has 1 aliphatic heterocycles. The summed E-state index contributed by atoms with van der Waals surface area (Å²) in [5.74, 6) is 0.751. The first-order valence-electron chi connectivity index (χ1n) is 7.03. The molecule has 7 nitrogen and oxygen atoms in total. The Labute approximate surface area is 124 Å². The summed E-state index contributed by atoms with van der Waals surface area (Å²) in [6.45, 7) is 8.08. The summed E-state index contributed by atoms with van der Waals surface area (Å²) >= 11 is 0. The number of anilines is 1. The molecule has 0 bridgehead atoms. The number of piperazine rings is 1. The molecule has 1 aliphatic rings. The lowest BCUT2D eigenvalue weighted by Crippen LogP contribution is -2.50. The first-order valence-corrected chi connectivity index (χ1v) is 7.03. The number of carbonyl (C=O) groups is 1. The van der Waals surface area contributed by atoms with E-state index in [4.69, 9.17) is 4.74 Å². The molecule has 0 spiro atoms. The van der Waals surface area contributed by atoms with Crippen molar-refractivity contribution in [3.63, 3.8) is 0 Å². The second kappa shape index (κ2) is 5.75. The van der Waals surface area contributed by atoms with Gasteiger partial charge in [0.05, 0.1) is 0 Å². The Balaban J connectivity index is 1.95. The summed E-state index contributed by atoms with van der Waals surface area (Å²) in [4.78, 5) is 27.1. The molecule has 1 aromatic heterocycles. The van der Waals surface area contributed by atoms with Gasteiger partial charge in [0.25, 0.3) is 5.56 Å². The van der Waals surface area contributed by atoms with Crippen LogP contribution in [0.25, 0.3) is 0 Å². The Morgan fingerprint density at radius 3 is 2.33 bits per heavy atom. The molecule has 1 amide bonds. The molecular formula is C14H22N4O3. The van der Waals surface area contributed by atoms with Gasteiger partial charge in [-0.05, 0) is 26.8 Å². The van der Waals surface area contributed by atoms with Gasteiger partial charge >= 0.3 is 6.09 Å². The maximum absolute atomic E-state index is 12.0. The lowest BCUT2D eigenvalue weighted by molar-refractivity contribution is 0.0240. The molecule has 0 N–H and O–H groups in total. The number of rotatable bonds is 1. The molecule has 0 aromatic carbocycles. The first kappa shape index (κ1) is 15.3. The molecule has 0 aliphatic carbocycles. The molecule has 0 atom stereocenters. The van der Waals surface area contributed by atoms with Crippen molar-refractivity contribution in [2.45, 2.75) is 26.4 Å². The fourth-order valence-corrected chi connectivity index (χ4v) is 2.10. The second-order valence-electron chi connectivity index (χ2n) is 6.11. The van der Waals surface area contributed by atoms with Crippen LogP contribution in [0.2, 0.25) is 0 Å². The molecule has 7 heteroatoms. The van der Waals surface area contributed by atoms with E-state index in [0.29, 0.717) is 26.2 Å².